The van der Waals surface area contributed by atoms with Gasteiger partial charge in [-0.3, -0.25) is 9.69 Å². The summed E-state index contributed by atoms with van der Waals surface area (Å²) in [5.41, 5.74) is 1.03. The fourth-order valence-corrected chi connectivity index (χ4v) is 3.43. The Kier molecular flexibility index (Phi) is 7.25. The van der Waals surface area contributed by atoms with Crippen molar-refractivity contribution in [3.05, 3.63) is 54.2 Å². The first-order valence-electron chi connectivity index (χ1n) is 9.84. The van der Waals surface area contributed by atoms with Crippen molar-refractivity contribution in [1.82, 2.24) is 15.2 Å². The molecule has 1 amide bonds. The average Bonchev–Trinajstić information content (AvgIpc) is 2.76. The molecule has 0 radical (unpaired) electrons. The minimum atomic E-state index is -0.136. The Morgan fingerprint density at radius 2 is 2.07 bits per heavy atom. The number of benzene rings is 1. The second-order valence-electron chi connectivity index (χ2n) is 7.20. The Hall–Kier alpha value is -2.60. The third-order valence-corrected chi connectivity index (χ3v) is 5.28. The van der Waals surface area contributed by atoms with Crippen LogP contribution in [0.4, 0.5) is 0 Å². The summed E-state index contributed by atoms with van der Waals surface area (Å²) in [7, 11) is 1.64. The summed E-state index contributed by atoms with van der Waals surface area (Å²) in [5, 5.41) is 3.04. The molecule has 0 bridgehead atoms. The van der Waals surface area contributed by atoms with Crippen molar-refractivity contribution < 1.29 is 14.3 Å². The number of hydrogen-bond acceptors (Lipinski definition) is 5. The molecule has 150 valence electrons. The number of amides is 1. The molecule has 1 N–H and O–H groups in total. The average molecular weight is 383 g/mol. The van der Waals surface area contributed by atoms with Gasteiger partial charge in [-0.15, -0.1) is 0 Å². The molecule has 6 heteroatoms. The highest BCUT2D eigenvalue weighted by atomic mass is 16.5. The van der Waals surface area contributed by atoms with Crippen LogP contribution in [0.1, 0.15) is 25.3 Å². The first-order valence-corrected chi connectivity index (χ1v) is 9.84. The molecule has 1 atom stereocenters. The number of rotatable bonds is 8. The number of pyridine rings is 1. The summed E-state index contributed by atoms with van der Waals surface area (Å²) in [4.78, 5) is 19.0. The lowest BCUT2D eigenvalue weighted by atomic mass is 9.96. The van der Waals surface area contributed by atoms with Crippen LogP contribution in [-0.2, 0) is 11.3 Å². The first-order chi connectivity index (χ1) is 13.7. The van der Waals surface area contributed by atoms with Crippen LogP contribution < -0.4 is 14.8 Å². The van der Waals surface area contributed by atoms with Crippen molar-refractivity contribution in [2.24, 2.45) is 5.92 Å². The van der Waals surface area contributed by atoms with Gasteiger partial charge in [0, 0.05) is 18.8 Å². The van der Waals surface area contributed by atoms with Crippen LogP contribution in [-0.4, -0.2) is 48.6 Å². The predicted octanol–water partition coefficient (Wildman–Crippen LogP) is 2.89. The number of likely N-dealkylation sites (tertiary alicyclic amines) is 1. The van der Waals surface area contributed by atoms with E-state index in [1.807, 2.05) is 49.4 Å². The molecule has 28 heavy (non-hydrogen) atoms. The standard InChI is InChI=1S/C22H29N3O3/c1-17(22(26)24-15-19-6-5-7-20(14-19)27-2)25-12-9-18(10-13-25)16-28-21-8-3-4-11-23-21/h3-8,11,14,17-18H,9-10,12-13,15-16H2,1-2H3,(H,24,26)/t17-/m0/s1. The van der Waals surface area contributed by atoms with Crippen molar-refractivity contribution in [2.45, 2.75) is 32.4 Å². The monoisotopic (exact) mass is 383 g/mol. The number of methoxy groups -OCH3 is 1. The normalized spacial score (nSPS) is 16.4. The van der Waals surface area contributed by atoms with Gasteiger partial charge in [-0.05, 0) is 62.5 Å². The lowest BCUT2D eigenvalue weighted by molar-refractivity contribution is -0.126. The number of nitrogens with one attached hydrogen (secondary N) is 1. The van der Waals surface area contributed by atoms with E-state index in [0.717, 1.165) is 37.2 Å². The zero-order valence-corrected chi connectivity index (χ0v) is 16.6. The highest BCUT2D eigenvalue weighted by Gasteiger charge is 2.26. The maximum Gasteiger partial charge on any atom is 0.237 e. The predicted molar refractivity (Wildman–Crippen MR) is 108 cm³/mol. The molecule has 1 fully saturated rings. The Morgan fingerprint density at radius 3 is 2.79 bits per heavy atom. The van der Waals surface area contributed by atoms with Crippen LogP contribution in [0.3, 0.4) is 0 Å². The number of carbonyl (C=O) groups is 1. The lowest BCUT2D eigenvalue weighted by Gasteiger charge is -2.35. The van der Waals surface area contributed by atoms with E-state index in [0.29, 0.717) is 24.9 Å². The van der Waals surface area contributed by atoms with Crippen molar-refractivity contribution in [2.75, 3.05) is 26.8 Å². The minimum absolute atomic E-state index is 0.0611. The van der Waals surface area contributed by atoms with Crippen LogP contribution in [0.15, 0.2) is 48.7 Å². The summed E-state index contributed by atoms with van der Waals surface area (Å²) in [6, 6.07) is 13.3. The molecular weight excluding hydrogens is 354 g/mol. The number of aromatic nitrogens is 1. The molecule has 1 aromatic carbocycles. The van der Waals surface area contributed by atoms with E-state index >= 15 is 0 Å². The summed E-state index contributed by atoms with van der Waals surface area (Å²) < 4.78 is 11.0. The second-order valence-corrected chi connectivity index (χ2v) is 7.20. The van der Waals surface area contributed by atoms with E-state index in [-0.39, 0.29) is 11.9 Å². The van der Waals surface area contributed by atoms with Crippen LogP contribution in [0.5, 0.6) is 11.6 Å². The molecule has 0 spiro atoms. The smallest absolute Gasteiger partial charge is 0.237 e. The fraction of sp³-hybridized carbons (Fsp3) is 0.455. The fourth-order valence-electron chi connectivity index (χ4n) is 3.43. The molecule has 1 aromatic heterocycles. The van der Waals surface area contributed by atoms with E-state index in [9.17, 15) is 4.79 Å². The van der Waals surface area contributed by atoms with Gasteiger partial charge in [-0.1, -0.05) is 18.2 Å². The van der Waals surface area contributed by atoms with Crippen LogP contribution in [0.25, 0.3) is 0 Å². The number of ether oxygens (including phenoxy) is 2. The van der Waals surface area contributed by atoms with Gasteiger partial charge in [0.25, 0.3) is 0 Å². The molecule has 6 nitrogen and oxygen atoms in total. The number of carbonyl (C=O) groups excluding carboxylic acids is 1. The van der Waals surface area contributed by atoms with E-state index in [4.69, 9.17) is 9.47 Å². The van der Waals surface area contributed by atoms with Gasteiger partial charge in [0.15, 0.2) is 0 Å². The zero-order valence-electron chi connectivity index (χ0n) is 16.6. The van der Waals surface area contributed by atoms with Gasteiger partial charge in [-0.2, -0.15) is 0 Å². The second kappa shape index (κ2) is 10.1. The van der Waals surface area contributed by atoms with Crippen LogP contribution >= 0.6 is 0 Å². The highest BCUT2D eigenvalue weighted by molar-refractivity contribution is 5.81. The Labute approximate surface area is 166 Å². The quantitative estimate of drug-likeness (QED) is 0.759. The molecule has 1 saturated heterocycles. The van der Waals surface area contributed by atoms with Crippen molar-refractivity contribution in [3.63, 3.8) is 0 Å². The van der Waals surface area contributed by atoms with Crippen LogP contribution in [0, 0.1) is 5.92 Å². The van der Waals surface area contributed by atoms with Gasteiger partial charge in [0.05, 0.1) is 19.8 Å². The van der Waals surface area contributed by atoms with Crippen LogP contribution in [0.2, 0.25) is 0 Å². The van der Waals surface area contributed by atoms with Crippen molar-refractivity contribution >= 4 is 5.91 Å². The number of hydrogen-bond donors (Lipinski definition) is 1. The first kappa shape index (κ1) is 20.1. The molecule has 0 saturated carbocycles. The number of piperidine rings is 1. The summed E-state index contributed by atoms with van der Waals surface area (Å²) in [6.45, 7) is 4.98. The zero-order chi connectivity index (χ0) is 19.8. The molecule has 1 aliphatic rings. The van der Waals surface area contributed by atoms with Crippen molar-refractivity contribution in [3.8, 4) is 11.6 Å². The molecular formula is C22H29N3O3. The van der Waals surface area contributed by atoms with Gasteiger partial charge < -0.3 is 14.8 Å². The number of nitrogens with zero attached hydrogens (tertiary/aromatic N) is 2. The largest absolute Gasteiger partial charge is 0.497 e. The third-order valence-electron chi connectivity index (χ3n) is 5.28. The lowest BCUT2D eigenvalue weighted by Crippen LogP contribution is -2.48. The third kappa shape index (κ3) is 5.70. The summed E-state index contributed by atoms with van der Waals surface area (Å²) in [6.07, 6.45) is 3.80. The molecule has 0 unspecified atom stereocenters. The maximum atomic E-state index is 12.5. The van der Waals surface area contributed by atoms with E-state index in [1.165, 1.54) is 0 Å². The van der Waals surface area contributed by atoms with E-state index < -0.39 is 0 Å². The molecule has 2 heterocycles. The summed E-state index contributed by atoms with van der Waals surface area (Å²) in [5.74, 6) is 2.04. The Bertz CT molecular complexity index is 746. The molecule has 0 aliphatic carbocycles. The van der Waals surface area contributed by atoms with E-state index in [2.05, 4.69) is 15.2 Å². The van der Waals surface area contributed by atoms with Gasteiger partial charge in [-0.25, -0.2) is 4.98 Å². The Balaban J connectivity index is 1.40. The summed E-state index contributed by atoms with van der Waals surface area (Å²) >= 11 is 0. The highest BCUT2D eigenvalue weighted by Crippen LogP contribution is 2.20. The Morgan fingerprint density at radius 1 is 1.25 bits per heavy atom. The van der Waals surface area contributed by atoms with Gasteiger partial charge >= 0.3 is 0 Å². The molecule has 1 aliphatic heterocycles. The topological polar surface area (TPSA) is 63.7 Å². The minimum Gasteiger partial charge on any atom is -0.497 e. The van der Waals surface area contributed by atoms with Gasteiger partial charge in [0.2, 0.25) is 11.8 Å². The van der Waals surface area contributed by atoms with E-state index in [1.54, 1.807) is 13.3 Å². The van der Waals surface area contributed by atoms with Crippen molar-refractivity contribution in [1.29, 1.82) is 0 Å². The van der Waals surface area contributed by atoms with Gasteiger partial charge in [0.1, 0.15) is 5.75 Å². The molecule has 3 rings (SSSR count). The molecule has 2 aromatic rings. The SMILES string of the molecule is COc1cccc(CNC(=O)[C@H](C)N2CCC(COc3ccccn3)CC2)c1. The maximum absolute atomic E-state index is 12.5.